The van der Waals surface area contributed by atoms with Crippen LogP contribution in [0, 0.1) is 0 Å². The van der Waals surface area contributed by atoms with Crippen molar-refractivity contribution < 1.29 is 8.42 Å². The van der Waals surface area contributed by atoms with Gasteiger partial charge in [-0.3, -0.25) is 0 Å². The lowest BCUT2D eigenvalue weighted by atomic mass is 9.99. The lowest BCUT2D eigenvalue weighted by Gasteiger charge is -2.15. The van der Waals surface area contributed by atoms with E-state index in [1.165, 1.54) is 0 Å². The molecule has 1 unspecified atom stereocenters. The van der Waals surface area contributed by atoms with E-state index in [9.17, 15) is 8.42 Å². The summed E-state index contributed by atoms with van der Waals surface area (Å²) in [6.07, 6.45) is 0.632. The molecule has 0 heterocycles. The monoisotopic (exact) mass is 352 g/mol. The quantitative estimate of drug-likeness (QED) is 0.724. The molecule has 5 heteroatoms. The van der Waals surface area contributed by atoms with E-state index >= 15 is 0 Å². The summed E-state index contributed by atoms with van der Waals surface area (Å²) >= 11 is 9.29. The molecule has 18 heavy (non-hydrogen) atoms. The lowest BCUT2D eigenvalue weighted by molar-refractivity contribution is 0.580. The fraction of sp³-hybridized carbons (Fsp3) is 0.538. The molecule has 0 aliphatic rings. The molecule has 0 spiro atoms. The highest BCUT2D eigenvalue weighted by molar-refractivity contribution is 9.09. The van der Waals surface area contributed by atoms with Gasteiger partial charge in [0, 0.05) is 10.4 Å². The average molecular weight is 354 g/mol. The predicted octanol–water partition coefficient (Wildman–Crippen LogP) is 4.03. The topological polar surface area (TPSA) is 34.1 Å². The zero-order chi connectivity index (χ0) is 13.8. The summed E-state index contributed by atoms with van der Waals surface area (Å²) in [7, 11) is -2.97. The van der Waals surface area contributed by atoms with Crippen molar-refractivity contribution in [2.75, 3.05) is 11.1 Å². The van der Waals surface area contributed by atoms with Gasteiger partial charge in [-0.25, -0.2) is 8.42 Å². The highest BCUT2D eigenvalue weighted by Gasteiger charge is 2.19. The Bertz CT molecular complexity index is 468. The standard InChI is InChI=1S/C13H18BrClO2S/c1-10(2)18(16,17)8-7-12(9-14)11-3-5-13(15)6-4-11/h3-6,10,12H,7-9H2,1-2H3. The van der Waals surface area contributed by atoms with Gasteiger partial charge in [0.15, 0.2) is 9.84 Å². The second kappa shape index (κ2) is 6.92. The zero-order valence-electron chi connectivity index (χ0n) is 10.6. The molecule has 1 aromatic carbocycles. The van der Waals surface area contributed by atoms with Crippen LogP contribution in [0.5, 0.6) is 0 Å². The number of hydrogen-bond acceptors (Lipinski definition) is 2. The Morgan fingerprint density at radius 3 is 2.22 bits per heavy atom. The smallest absolute Gasteiger partial charge is 0.152 e. The molecular weight excluding hydrogens is 336 g/mol. The summed E-state index contributed by atoms with van der Waals surface area (Å²) in [5.41, 5.74) is 1.12. The number of alkyl halides is 1. The molecule has 0 saturated heterocycles. The van der Waals surface area contributed by atoms with E-state index in [-0.39, 0.29) is 16.9 Å². The molecule has 0 aliphatic heterocycles. The van der Waals surface area contributed by atoms with Crippen molar-refractivity contribution in [3.8, 4) is 0 Å². The van der Waals surface area contributed by atoms with Gasteiger partial charge in [-0.1, -0.05) is 39.7 Å². The van der Waals surface area contributed by atoms with E-state index in [2.05, 4.69) is 15.9 Å². The first-order valence-electron chi connectivity index (χ1n) is 5.90. The van der Waals surface area contributed by atoms with E-state index in [0.29, 0.717) is 11.4 Å². The van der Waals surface area contributed by atoms with Gasteiger partial charge < -0.3 is 0 Å². The number of halogens is 2. The maximum absolute atomic E-state index is 11.8. The largest absolute Gasteiger partial charge is 0.229 e. The molecule has 0 fully saturated rings. The second-order valence-electron chi connectivity index (χ2n) is 4.61. The Kier molecular flexibility index (Phi) is 6.15. The molecule has 1 rings (SSSR count). The summed E-state index contributed by atoms with van der Waals surface area (Å²) in [6.45, 7) is 3.45. The molecule has 2 nitrogen and oxygen atoms in total. The minimum absolute atomic E-state index is 0.204. The Hall–Kier alpha value is -0.0600. The van der Waals surface area contributed by atoms with Crippen molar-refractivity contribution in [3.63, 3.8) is 0 Å². The fourth-order valence-corrected chi connectivity index (χ4v) is 3.52. The van der Waals surface area contributed by atoms with Crippen LogP contribution in [0.25, 0.3) is 0 Å². The van der Waals surface area contributed by atoms with Crippen LogP contribution in [0.3, 0.4) is 0 Å². The molecule has 0 radical (unpaired) electrons. The van der Waals surface area contributed by atoms with Gasteiger partial charge in [0.05, 0.1) is 11.0 Å². The highest BCUT2D eigenvalue weighted by atomic mass is 79.9. The summed E-state index contributed by atoms with van der Waals surface area (Å²) in [4.78, 5) is 0. The van der Waals surface area contributed by atoms with Crippen LogP contribution in [0.2, 0.25) is 5.02 Å². The van der Waals surface area contributed by atoms with Crippen LogP contribution in [0.1, 0.15) is 31.7 Å². The molecule has 0 amide bonds. The van der Waals surface area contributed by atoms with Crippen LogP contribution >= 0.6 is 27.5 Å². The zero-order valence-corrected chi connectivity index (χ0v) is 13.7. The Morgan fingerprint density at radius 1 is 1.22 bits per heavy atom. The number of sulfone groups is 1. The van der Waals surface area contributed by atoms with E-state index in [1.54, 1.807) is 13.8 Å². The number of benzene rings is 1. The molecule has 0 aromatic heterocycles. The molecule has 0 bridgehead atoms. The normalized spacial score (nSPS) is 13.8. The summed E-state index contributed by atoms with van der Waals surface area (Å²) < 4.78 is 23.6. The third-order valence-corrected chi connectivity index (χ3v) is 6.27. The maximum atomic E-state index is 11.8. The van der Waals surface area contributed by atoms with Gasteiger partial charge in [0.2, 0.25) is 0 Å². The van der Waals surface area contributed by atoms with Crippen LogP contribution in [-0.4, -0.2) is 24.8 Å². The van der Waals surface area contributed by atoms with Crippen molar-refractivity contribution in [2.24, 2.45) is 0 Å². The van der Waals surface area contributed by atoms with Crippen molar-refractivity contribution in [1.82, 2.24) is 0 Å². The minimum Gasteiger partial charge on any atom is -0.229 e. The van der Waals surface area contributed by atoms with E-state index in [0.717, 1.165) is 10.9 Å². The SMILES string of the molecule is CC(C)S(=O)(=O)CCC(CBr)c1ccc(Cl)cc1. The molecular formula is C13H18BrClO2S. The summed E-state index contributed by atoms with van der Waals surface area (Å²) in [5.74, 6) is 0.430. The Labute approximate surface area is 123 Å². The van der Waals surface area contributed by atoms with Crippen LogP contribution in [0.15, 0.2) is 24.3 Å². The van der Waals surface area contributed by atoms with Gasteiger partial charge in [0.1, 0.15) is 0 Å². The van der Waals surface area contributed by atoms with Crippen molar-refractivity contribution >= 4 is 37.4 Å². The van der Waals surface area contributed by atoms with Crippen LogP contribution in [-0.2, 0) is 9.84 Å². The maximum Gasteiger partial charge on any atom is 0.152 e. The molecule has 1 atom stereocenters. The van der Waals surface area contributed by atoms with Crippen LogP contribution in [0.4, 0.5) is 0 Å². The third-order valence-electron chi connectivity index (χ3n) is 3.00. The van der Waals surface area contributed by atoms with Crippen molar-refractivity contribution in [3.05, 3.63) is 34.9 Å². The van der Waals surface area contributed by atoms with Gasteiger partial charge >= 0.3 is 0 Å². The molecule has 102 valence electrons. The lowest BCUT2D eigenvalue weighted by Crippen LogP contribution is -2.19. The highest BCUT2D eigenvalue weighted by Crippen LogP contribution is 2.24. The Morgan fingerprint density at radius 2 is 1.78 bits per heavy atom. The number of hydrogen-bond donors (Lipinski definition) is 0. The molecule has 1 aromatic rings. The second-order valence-corrected chi connectivity index (χ2v) is 8.37. The van der Waals surface area contributed by atoms with Crippen molar-refractivity contribution in [1.29, 1.82) is 0 Å². The van der Waals surface area contributed by atoms with E-state index < -0.39 is 9.84 Å². The number of rotatable bonds is 6. The predicted molar refractivity (Wildman–Crippen MR) is 81.5 cm³/mol. The van der Waals surface area contributed by atoms with E-state index in [1.807, 2.05) is 24.3 Å². The Balaban J connectivity index is 2.72. The molecule has 0 saturated carbocycles. The summed E-state index contributed by atoms with van der Waals surface area (Å²) in [6, 6.07) is 7.58. The average Bonchev–Trinajstić information content (AvgIpc) is 2.31. The molecule has 0 N–H and O–H groups in total. The fourth-order valence-electron chi connectivity index (χ4n) is 1.61. The van der Waals surface area contributed by atoms with Crippen molar-refractivity contribution in [2.45, 2.75) is 31.4 Å². The first-order chi connectivity index (χ1) is 8.36. The third kappa shape index (κ3) is 4.56. The van der Waals surface area contributed by atoms with E-state index in [4.69, 9.17) is 11.6 Å². The van der Waals surface area contributed by atoms with Gasteiger partial charge in [-0.2, -0.15) is 0 Å². The summed E-state index contributed by atoms with van der Waals surface area (Å²) in [5, 5.41) is 1.14. The van der Waals surface area contributed by atoms with Gasteiger partial charge in [-0.05, 0) is 43.9 Å². The molecule has 0 aliphatic carbocycles. The first kappa shape index (κ1) is 16.0. The minimum atomic E-state index is -2.97. The van der Waals surface area contributed by atoms with Gasteiger partial charge in [0.25, 0.3) is 0 Å². The van der Waals surface area contributed by atoms with Gasteiger partial charge in [-0.15, -0.1) is 0 Å². The first-order valence-corrected chi connectivity index (χ1v) is 9.11. The van der Waals surface area contributed by atoms with Crippen LogP contribution < -0.4 is 0 Å².